The molecule has 0 fully saturated rings. The Labute approximate surface area is 106 Å². The van der Waals surface area contributed by atoms with E-state index in [4.69, 9.17) is 27.0 Å². The van der Waals surface area contributed by atoms with Crippen molar-refractivity contribution in [3.63, 3.8) is 0 Å². The average Bonchev–Trinajstić information content (AvgIpc) is 2.19. The Morgan fingerprint density at radius 2 is 1.94 bits per heavy atom. The van der Waals surface area contributed by atoms with Crippen molar-refractivity contribution >= 4 is 28.6 Å². The molecule has 1 aromatic rings. The molecule has 0 aliphatic heterocycles. The van der Waals surface area contributed by atoms with Crippen LogP contribution >= 0.6 is 28.6 Å². The Kier molecular flexibility index (Phi) is 5.68. The molecule has 0 unspecified atom stereocenters. The molecule has 90 valence electrons. The quantitative estimate of drug-likeness (QED) is 0.516. The zero-order valence-corrected chi connectivity index (χ0v) is 11.6. The number of para-hydroxylation sites is 1. The summed E-state index contributed by atoms with van der Waals surface area (Å²) in [6.45, 7) is 2.15. The molecule has 0 saturated heterocycles. The van der Waals surface area contributed by atoms with Gasteiger partial charge in [-0.1, -0.05) is 38.0 Å². The van der Waals surface area contributed by atoms with Crippen LogP contribution < -0.4 is 4.52 Å². The van der Waals surface area contributed by atoms with E-state index in [9.17, 15) is 4.57 Å². The number of hydrogen-bond donors (Lipinski definition) is 0. The van der Waals surface area contributed by atoms with Crippen molar-refractivity contribution in [2.45, 2.75) is 32.6 Å². The Morgan fingerprint density at radius 1 is 1.25 bits per heavy atom. The maximum absolute atomic E-state index is 11.2. The first-order valence-electron chi connectivity index (χ1n) is 5.30. The van der Waals surface area contributed by atoms with E-state index < -0.39 is 6.07 Å². The SMILES string of the molecule is CCCCCc1ccccc1OP(=O)(Cl)Cl. The summed E-state index contributed by atoms with van der Waals surface area (Å²) >= 11 is 10.8. The van der Waals surface area contributed by atoms with E-state index in [2.05, 4.69) is 6.92 Å². The fraction of sp³-hybridized carbons (Fsp3) is 0.455. The minimum atomic E-state index is -3.51. The minimum absolute atomic E-state index is 0.520. The molecule has 0 spiro atoms. The van der Waals surface area contributed by atoms with Crippen LogP contribution in [0.4, 0.5) is 0 Å². The zero-order valence-electron chi connectivity index (χ0n) is 9.16. The summed E-state index contributed by atoms with van der Waals surface area (Å²) in [7, 11) is 0. The normalized spacial score (nSPS) is 11.4. The Bertz CT molecular complexity index is 376. The molecule has 0 bridgehead atoms. The van der Waals surface area contributed by atoms with Crippen LogP contribution in [0.15, 0.2) is 24.3 Å². The summed E-state index contributed by atoms with van der Waals surface area (Å²) in [4.78, 5) is 0. The number of unbranched alkanes of at least 4 members (excludes halogenated alkanes) is 2. The van der Waals surface area contributed by atoms with Crippen LogP contribution in [0.2, 0.25) is 0 Å². The topological polar surface area (TPSA) is 26.3 Å². The van der Waals surface area contributed by atoms with E-state index in [-0.39, 0.29) is 0 Å². The number of halogens is 2. The number of aryl methyl sites for hydroxylation is 1. The molecule has 0 saturated carbocycles. The summed E-state index contributed by atoms with van der Waals surface area (Å²) in [6.07, 6.45) is 0.772. The van der Waals surface area contributed by atoms with Gasteiger partial charge >= 0.3 is 6.07 Å². The second-order valence-electron chi connectivity index (χ2n) is 3.57. The molecular formula is C11H15Cl2O2P. The van der Waals surface area contributed by atoms with E-state index in [1.165, 1.54) is 0 Å². The first kappa shape index (κ1) is 13.9. The molecule has 2 nitrogen and oxygen atoms in total. The van der Waals surface area contributed by atoms with Gasteiger partial charge in [-0.15, -0.1) is 0 Å². The Hall–Kier alpha value is -0.170. The first-order chi connectivity index (χ1) is 7.53. The molecule has 0 N–H and O–H groups in total. The van der Waals surface area contributed by atoms with Crippen LogP contribution in [0.1, 0.15) is 31.7 Å². The molecule has 0 amide bonds. The van der Waals surface area contributed by atoms with Crippen LogP contribution in [0.5, 0.6) is 5.75 Å². The lowest BCUT2D eigenvalue weighted by molar-refractivity contribution is 0.508. The van der Waals surface area contributed by atoms with E-state index in [0.29, 0.717) is 5.75 Å². The third-order valence-electron chi connectivity index (χ3n) is 2.23. The van der Waals surface area contributed by atoms with Crippen molar-refractivity contribution in [3.05, 3.63) is 29.8 Å². The predicted octanol–water partition coefficient (Wildman–Crippen LogP) is 5.38. The van der Waals surface area contributed by atoms with E-state index in [1.807, 2.05) is 18.2 Å². The number of rotatable bonds is 6. The van der Waals surface area contributed by atoms with Crippen molar-refractivity contribution in [1.82, 2.24) is 0 Å². The van der Waals surface area contributed by atoms with Crippen molar-refractivity contribution in [3.8, 4) is 5.75 Å². The van der Waals surface area contributed by atoms with Gasteiger partial charge in [0.2, 0.25) is 0 Å². The highest BCUT2D eigenvalue weighted by molar-refractivity contribution is 8.05. The summed E-state index contributed by atoms with van der Waals surface area (Å²) in [5.74, 6) is 0.520. The molecule has 16 heavy (non-hydrogen) atoms. The molecule has 0 heterocycles. The van der Waals surface area contributed by atoms with Crippen LogP contribution in [-0.2, 0) is 11.0 Å². The van der Waals surface area contributed by atoms with Gasteiger partial charge in [0.15, 0.2) is 0 Å². The van der Waals surface area contributed by atoms with Crippen molar-refractivity contribution in [2.24, 2.45) is 0 Å². The Balaban J connectivity index is 2.71. The second kappa shape index (κ2) is 6.54. The Morgan fingerprint density at radius 3 is 2.56 bits per heavy atom. The van der Waals surface area contributed by atoms with Crippen molar-refractivity contribution < 1.29 is 9.09 Å². The van der Waals surface area contributed by atoms with Gasteiger partial charge in [-0.25, -0.2) is 4.57 Å². The lowest BCUT2D eigenvalue weighted by Crippen LogP contribution is -1.91. The average molecular weight is 281 g/mol. The fourth-order valence-electron chi connectivity index (χ4n) is 1.48. The van der Waals surface area contributed by atoms with Gasteiger partial charge in [0.05, 0.1) is 0 Å². The van der Waals surface area contributed by atoms with Crippen LogP contribution in [0.25, 0.3) is 0 Å². The second-order valence-corrected chi connectivity index (χ2v) is 7.77. The highest BCUT2D eigenvalue weighted by atomic mass is 35.9. The molecule has 0 aliphatic rings. The summed E-state index contributed by atoms with van der Waals surface area (Å²) in [5.41, 5.74) is 0.998. The van der Waals surface area contributed by atoms with Gasteiger partial charge in [0.1, 0.15) is 5.75 Å². The molecule has 0 atom stereocenters. The number of hydrogen-bond acceptors (Lipinski definition) is 2. The molecule has 0 aliphatic carbocycles. The summed E-state index contributed by atoms with van der Waals surface area (Å²) < 4.78 is 16.2. The van der Waals surface area contributed by atoms with Gasteiger partial charge in [0, 0.05) is 22.5 Å². The lowest BCUT2D eigenvalue weighted by Gasteiger charge is -2.11. The highest BCUT2D eigenvalue weighted by Crippen LogP contribution is 2.57. The van der Waals surface area contributed by atoms with E-state index in [1.54, 1.807) is 6.07 Å². The van der Waals surface area contributed by atoms with Gasteiger partial charge in [-0.3, -0.25) is 0 Å². The molecule has 1 rings (SSSR count). The molecular weight excluding hydrogens is 266 g/mol. The third kappa shape index (κ3) is 5.25. The molecule has 5 heteroatoms. The molecule has 0 radical (unpaired) electrons. The standard InChI is InChI=1S/C11H15Cl2O2P/c1-2-3-4-7-10-8-5-6-9-11(10)15-16(12,13)14/h5-6,8-9H,2-4,7H2,1H3. The lowest BCUT2D eigenvalue weighted by atomic mass is 10.1. The van der Waals surface area contributed by atoms with Crippen molar-refractivity contribution in [1.29, 1.82) is 0 Å². The van der Waals surface area contributed by atoms with Crippen LogP contribution in [0, 0.1) is 0 Å². The largest absolute Gasteiger partial charge is 0.428 e. The van der Waals surface area contributed by atoms with E-state index >= 15 is 0 Å². The van der Waals surface area contributed by atoms with Crippen LogP contribution in [-0.4, -0.2) is 0 Å². The minimum Gasteiger partial charge on any atom is -0.422 e. The summed E-state index contributed by atoms with van der Waals surface area (Å²) in [5, 5.41) is 0. The number of benzene rings is 1. The van der Waals surface area contributed by atoms with Gasteiger partial charge < -0.3 is 4.52 Å². The smallest absolute Gasteiger partial charge is 0.422 e. The fourth-order valence-corrected chi connectivity index (χ4v) is 2.33. The monoisotopic (exact) mass is 280 g/mol. The molecule has 1 aromatic carbocycles. The highest BCUT2D eigenvalue weighted by Gasteiger charge is 2.17. The van der Waals surface area contributed by atoms with Crippen molar-refractivity contribution in [2.75, 3.05) is 0 Å². The van der Waals surface area contributed by atoms with Crippen LogP contribution in [0.3, 0.4) is 0 Å². The zero-order chi connectivity index (χ0) is 12.0. The maximum Gasteiger partial charge on any atom is 0.428 e. The van der Waals surface area contributed by atoms with E-state index in [0.717, 1.165) is 31.2 Å². The maximum atomic E-state index is 11.2. The summed E-state index contributed by atoms with van der Waals surface area (Å²) in [6, 6.07) is 7.40. The van der Waals surface area contributed by atoms with Gasteiger partial charge in [-0.05, 0) is 24.5 Å². The van der Waals surface area contributed by atoms with Gasteiger partial charge in [-0.2, -0.15) is 0 Å². The first-order valence-corrected chi connectivity index (χ1v) is 8.73. The third-order valence-corrected chi connectivity index (χ3v) is 3.05. The molecule has 0 aromatic heterocycles. The predicted molar refractivity (Wildman–Crippen MR) is 69.6 cm³/mol. The van der Waals surface area contributed by atoms with Gasteiger partial charge in [0.25, 0.3) is 0 Å².